The number of rotatable bonds is 5. The van der Waals surface area contributed by atoms with Gasteiger partial charge in [0.2, 0.25) is 0 Å². The summed E-state index contributed by atoms with van der Waals surface area (Å²) in [5.41, 5.74) is 4.17. The van der Waals surface area contributed by atoms with Gasteiger partial charge >= 0.3 is 0 Å². The molecule has 4 nitrogen and oxygen atoms in total. The third kappa shape index (κ3) is 3.66. The van der Waals surface area contributed by atoms with Gasteiger partial charge in [0.15, 0.2) is 0 Å². The summed E-state index contributed by atoms with van der Waals surface area (Å²) in [7, 11) is 5.73. The van der Waals surface area contributed by atoms with Crippen molar-refractivity contribution in [3.63, 3.8) is 0 Å². The average molecular weight is 319 g/mol. The van der Waals surface area contributed by atoms with Crippen molar-refractivity contribution < 1.29 is 4.74 Å². The highest BCUT2D eigenvalue weighted by Gasteiger charge is 2.04. The summed E-state index contributed by atoms with van der Waals surface area (Å²) in [4.78, 5) is 6.81. The van der Waals surface area contributed by atoms with Crippen molar-refractivity contribution >= 4 is 17.2 Å². The molecule has 24 heavy (non-hydrogen) atoms. The zero-order valence-electron chi connectivity index (χ0n) is 14.2. The normalized spacial score (nSPS) is 10.3. The molecule has 0 spiro atoms. The van der Waals surface area contributed by atoms with Crippen molar-refractivity contribution in [3.8, 4) is 17.0 Å². The van der Waals surface area contributed by atoms with E-state index in [1.54, 1.807) is 7.11 Å². The molecule has 122 valence electrons. The summed E-state index contributed by atoms with van der Waals surface area (Å²) < 4.78 is 5.18. The number of pyridine rings is 1. The first kappa shape index (κ1) is 15.9. The molecule has 0 atom stereocenters. The summed E-state index contributed by atoms with van der Waals surface area (Å²) in [5, 5.41) is 3.33. The van der Waals surface area contributed by atoms with Crippen LogP contribution in [0.4, 0.5) is 17.2 Å². The fraction of sp³-hybridized carbons (Fsp3) is 0.150. The Labute approximate surface area is 142 Å². The van der Waals surface area contributed by atoms with Crippen LogP contribution in [0.25, 0.3) is 11.3 Å². The van der Waals surface area contributed by atoms with Crippen LogP contribution in [-0.4, -0.2) is 26.2 Å². The Morgan fingerprint density at radius 1 is 0.917 bits per heavy atom. The Balaban J connectivity index is 1.84. The summed E-state index contributed by atoms with van der Waals surface area (Å²) >= 11 is 0. The van der Waals surface area contributed by atoms with Gasteiger partial charge in [0.1, 0.15) is 11.6 Å². The SMILES string of the molecule is COc1ccc(Nc2cccc(-c3cccc(N(C)C)c3)n2)cc1. The highest BCUT2D eigenvalue weighted by atomic mass is 16.5. The molecule has 1 N–H and O–H groups in total. The molecule has 0 unspecified atom stereocenters. The van der Waals surface area contributed by atoms with Crippen LogP contribution in [0.2, 0.25) is 0 Å². The largest absolute Gasteiger partial charge is 0.497 e. The summed E-state index contributed by atoms with van der Waals surface area (Å²) in [6.45, 7) is 0. The van der Waals surface area contributed by atoms with Crippen molar-refractivity contribution in [2.24, 2.45) is 0 Å². The van der Waals surface area contributed by atoms with Gasteiger partial charge in [-0.2, -0.15) is 0 Å². The van der Waals surface area contributed by atoms with Gasteiger partial charge in [-0.05, 0) is 48.5 Å². The second kappa shape index (κ2) is 7.04. The van der Waals surface area contributed by atoms with Crippen LogP contribution in [0.5, 0.6) is 5.75 Å². The van der Waals surface area contributed by atoms with Crippen molar-refractivity contribution in [2.75, 3.05) is 31.4 Å². The number of aromatic nitrogens is 1. The Morgan fingerprint density at radius 3 is 2.38 bits per heavy atom. The van der Waals surface area contributed by atoms with E-state index in [2.05, 4.69) is 34.5 Å². The topological polar surface area (TPSA) is 37.4 Å². The number of methoxy groups -OCH3 is 1. The lowest BCUT2D eigenvalue weighted by Gasteiger charge is -2.14. The van der Waals surface area contributed by atoms with Gasteiger partial charge in [0.25, 0.3) is 0 Å². The molecule has 2 aromatic carbocycles. The third-order valence-electron chi connectivity index (χ3n) is 3.77. The van der Waals surface area contributed by atoms with E-state index in [9.17, 15) is 0 Å². The van der Waals surface area contributed by atoms with E-state index in [1.807, 2.05) is 56.6 Å². The van der Waals surface area contributed by atoms with Gasteiger partial charge in [0, 0.05) is 31.0 Å². The molecule has 1 aromatic heterocycles. The molecule has 0 fully saturated rings. The van der Waals surface area contributed by atoms with Gasteiger partial charge in [-0.1, -0.05) is 18.2 Å². The fourth-order valence-corrected chi connectivity index (χ4v) is 2.43. The number of ether oxygens (including phenoxy) is 1. The molecule has 0 radical (unpaired) electrons. The summed E-state index contributed by atoms with van der Waals surface area (Å²) in [6.07, 6.45) is 0. The van der Waals surface area contributed by atoms with E-state index in [-0.39, 0.29) is 0 Å². The van der Waals surface area contributed by atoms with Crippen LogP contribution in [-0.2, 0) is 0 Å². The zero-order chi connectivity index (χ0) is 16.9. The van der Waals surface area contributed by atoms with E-state index < -0.39 is 0 Å². The molecule has 0 amide bonds. The quantitative estimate of drug-likeness (QED) is 0.747. The molecule has 3 aromatic rings. The fourth-order valence-electron chi connectivity index (χ4n) is 2.43. The van der Waals surface area contributed by atoms with E-state index in [0.717, 1.165) is 34.2 Å². The Morgan fingerprint density at radius 2 is 1.67 bits per heavy atom. The van der Waals surface area contributed by atoms with Crippen LogP contribution in [0.15, 0.2) is 66.7 Å². The van der Waals surface area contributed by atoms with E-state index >= 15 is 0 Å². The lowest BCUT2D eigenvalue weighted by molar-refractivity contribution is 0.415. The molecule has 0 bridgehead atoms. The first-order valence-electron chi connectivity index (χ1n) is 7.81. The van der Waals surface area contributed by atoms with Crippen LogP contribution in [0.3, 0.4) is 0 Å². The molecular weight excluding hydrogens is 298 g/mol. The number of hydrogen-bond donors (Lipinski definition) is 1. The minimum absolute atomic E-state index is 0.813. The summed E-state index contributed by atoms with van der Waals surface area (Å²) in [6, 6.07) is 22.1. The maximum Gasteiger partial charge on any atom is 0.131 e. The maximum absolute atomic E-state index is 5.18. The van der Waals surface area contributed by atoms with Crippen LogP contribution in [0, 0.1) is 0 Å². The number of anilines is 3. The molecule has 0 aliphatic heterocycles. The molecule has 0 aliphatic carbocycles. The average Bonchev–Trinajstić information content (AvgIpc) is 2.63. The predicted molar refractivity (Wildman–Crippen MR) is 100 cm³/mol. The molecule has 4 heteroatoms. The maximum atomic E-state index is 5.18. The lowest BCUT2D eigenvalue weighted by Crippen LogP contribution is -2.08. The first-order valence-corrected chi connectivity index (χ1v) is 7.81. The molecule has 3 rings (SSSR count). The van der Waals surface area contributed by atoms with Gasteiger partial charge in [0.05, 0.1) is 12.8 Å². The first-order chi connectivity index (χ1) is 11.7. The Bertz CT molecular complexity index is 813. The van der Waals surface area contributed by atoms with E-state index in [0.29, 0.717) is 0 Å². The molecule has 0 saturated heterocycles. The lowest BCUT2D eigenvalue weighted by atomic mass is 10.1. The van der Waals surface area contributed by atoms with Gasteiger partial charge in [-0.15, -0.1) is 0 Å². The van der Waals surface area contributed by atoms with Gasteiger partial charge < -0.3 is 15.0 Å². The Hall–Kier alpha value is -3.01. The minimum Gasteiger partial charge on any atom is -0.497 e. The predicted octanol–water partition coefficient (Wildman–Crippen LogP) is 4.57. The second-order valence-corrected chi connectivity index (χ2v) is 5.71. The van der Waals surface area contributed by atoms with Crippen molar-refractivity contribution in [3.05, 3.63) is 66.7 Å². The van der Waals surface area contributed by atoms with E-state index in [1.165, 1.54) is 0 Å². The Kier molecular flexibility index (Phi) is 4.66. The number of nitrogens with zero attached hydrogens (tertiary/aromatic N) is 2. The number of benzene rings is 2. The van der Waals surface area contributed by atoms with Crippen LogP contribution < -0.4 is 15.0 Å². The standard InChI is InChI=1S/C20H21N3O/c1-23(2)17-7-4-6-15(14-17)19-8-5-9-20(22-19)21-16-10-12-18(24-3)13-11-16/h4-14H,1-3H3,(H,21,22). The van der Waals surface area contributed by atoms with Crippen LogP contribution >= 0.6 is 0 Å². The molecule has 0 saturated carbocycles. The number of nitrogens with one attached hydrogen (secondary N) is 1. The minimum atomic E-state index is 0.813. The highest BCUT2D eigenvalue weighted by Crippen LogP contribution is 2.25. The van der Waals surface area contributed by atoms with Crippen molar-refractivity contribution in [1.29, 1.82) is 0 Å². The molecular formula is C20H21N3O. The monoisotopic (exact) mass is 319 g/mol. The highest BCUT2D eigenvalue weighted by molar-refractivity contribution is 5.68. The van der Waals surface area contributed by atoms with E-state index in [4.69, 9.17) is 9.72 Å². The molecule has 0 aliphatic rings. The molecule has 1 heterocycles. The van der Waals surface area contributed by atoms with Gasteiger partial charge in [-0.25, -0.2) is 4.98 Å². The third-order valence-corrected chi connectivity index (χ3v) is 3.77. The van der Waals surface area contributed by atoms with Crippen LogP contribution in [0.1, 0.15) is 0 Å². The van der Waals surface area contributed by atoms with Crippen molar-refractivity contribution in [1.82, 2.24) is 4.98 Å². The number of hydrogen-bond acceptors (Lipinski definition) is 4. The zero-order valence-corrected chi connectivity index (χ0v) is 14.2. The smallest absolute Gasteiger partial charge is 0.131 e. The summed E-state index contributed by atoms with van der Waals surface area (Å²) in [5.74, 6) is 1.65. The van der Waals surface area contributed by atoms with Crippen molar-refractivity contribution in [2.45, 2.75) is 0 Å². The van der Waals surface area contributed by atoms with Gasteiger partial charge in [-0.3, -0.25) is 0 Å². The second-order valence-electron chi connectivity index (χ2n) is 5.71.